The monoisotopic (exact) mass is 310 g/mol. The summed E-state index contributed by atoms with van der Waals surface area (Å²) in [5, 5.41) is 3.11. The second-order valence-electron chi connectivity index (χ2n) is 5.30. The molecule has 5 nitrogen and oxygen atoms in total. The Bertz CT molecular complexity index is 548. The van der Waals surface area contributed by atoms with Crippen LogP contribution in [-0.4, -0.2) is 25.0 Å². The lowest BCUT2D eigenvalue weighted by atomic mass is 9.85. The lowest BCUT2D eigenvalue weighted by molar-refractivity contribution is -0.120. The molecule has 1 aliphatic rings. The Morgan fingerprint density at radius 2 is 2.14 bits per heavy atom. The van der Waals surface area contributed by atoms with Gasteiger partial charge in [-0.3, -0.25) is 4.79 Å². The van der Waals surface area contributed by atoms with Crippen LogP contribution in [0.1, 0.15) is 36.0 Å². The van der Waals surface area contributed by atoms with Gasteiger partial charge in [-0.15, -0.1) is 0 Å². The first-order valence-electron chi connectivity index (χ1n) is 6.95. The summed E-state index contributed by atoms with van der Waals surface area (Å²) in [5.41, 5.74) is 6.66. The molecule has 0 aliphatic heterocycles. The maximum atomic E-state index is 12.2. The van der Waals surface area contributed by atoms with Crippen molar-refractivity contribution in [3.05, 3.63) is 28.8 Å². The molecule has 0 bridgehead atoms. The molecular formula is C15H19ClN2O3. The number of ether oxygens (including phenoxy) is 1. The van der Waals surface area contributed by atoms with E-state index < -0.39 is 5.97 Å². The number of rotatable bonds is 3. The molecule has 0 spiro atoms. The van der Waals surface area contributed by atoms with Gasteiger partial charge < -0.3 is 15.8 Å². The molecule has 1 aromatic carbocycles. The van der Waals surface area contributed by atoms with Crippen molar-refractivity contribution in [2.75, 3.05) is 12.4 Å². The van der Waals surface area contributed by atoms with Crippen LogP contribution in [0.5, 0.6) is 0 Å². The lowest BCUT2D eigenvalue weighted by Gasteiger charge is -2.25. The van der Waals surface area contributed by atoms with Crippen molar-refractivity contribution < 1.29 is 14.3 Å². The van der Waals surface area contributed by atoms with E-state index in [0.29, 0.717) is 17.1 Å². The van der Waals surface area contributed by atoms with Crippen LogP contribution in [0, 0.1) is 5.92 Å². The number of methoxy groups -OCH3 is 1. The number of carbonyl (C=O) groups is 2. The topological polar surface area (TPSA) is 81.4 Å². The summed E-state index contributed by atoms with van der Waals surface area (Å²) >= 11 is 5.94. The van der Waals surface area contributed by atoms with Gasteiger partial charge in [-0.1, -0.05) is 18.0 Å². The summed E-state index contributed by atoms with van der Waals surface area (Å²) in [5.74, 6) is -0.676. The Hall–Kier alpha value is -1.59. The number of halogens is 1. The van der Waals surface area contributed by atoms with Crippen LogP contribution >= 0.6 is 11.6 Å². The van der Waals surface area contributed by atoms with Crippen molar-refractivity contribution in [2.24, 2.45) is 11.7 Å². The maximum Gasteiger partial charge on any atom is 0.339 e. The van der Waals surface area contributed by atoms with E-state index in [1.807, 2.05) is 0 Å². The molecule has 21 heavy (non-hydrogen) atoms. The number of hydrogen-bond donors (Lipinski definition) is 2. The van der Waals surface area contributed by atoms with Crippen LogP contribution in [0.2, 0.25) is 5.02 Å². The fourth-order valence-electron chi connectivity index (χ4n) is 2.58. The molecule has 1 amide bonds. The second kappa shape index (κ2) is 6.91. The smallest absolute Gasteiger partial charge is 0.339 e. The molecule has 0 radical (unpaired) electrons. The van der Waals surface area contributed by atoms with E-state index >= 15 is 0 Å². The fourth-order valence-corrected chi connectivity index (χ4v) is 2.77. The quantitative estimate of drug-likeness (QED) is 0.841. The fraction of sp³-hybridized carbons (Fsp3) is 0.467. The van der Waals surface area contributed by atoms with Crippen molar-refractivity contribution in [3.8, 4) is 0 Å². The van der Waals surface area contributed by atoms with Gasteiger partial charge in [0.25, 0.3) is 0 Å². The molecule has 2 atom stereocenters. The highest BCUT2D eigenvalue weighted by Gasteiger charge is 2.25. The predicted molar refractivity (Wildman–Crippen MR) is 81.4 cm³/mol. The largest absolute Gasteiger partial charge is 0.465 e. The zero-order valence-electron chi connectivity index (χ0n) is 11.9. The van der Waals surface area contributed by atoms with Gasteiger partial charge in [-0.2, -0.15) is 0 Å². The van der Waals surface area contributed by atoms with Gasteiger partial charge in [0.05, 0.1) is 17.7 Å². The molecule has 1 aromatic rings. The third-order valence-corrected chi connectivity index (χ3v) is 4.05. The van der Waals surface area contributed by atoms with Crippen LogP contribution in [-0.2, 0) is 9.53 Å². The Morgan fingerprint density at radius 1 is 1.38 bits per heavy atom. The predicted octanol–water partition coefficient (Wildman–Crippen LogP) is 2.58. The molecule has 2 rings (SSSR count). The SMILES string of the molecule is COC(=O)c1cc(NC(=O)C2CCCC(N)C2)ccc1Cl. The first kappa shape index (κ1) is 15.8. The Kier molecular flexibility index (Phi) is 5.20. The highest BCUT2D eigenvalue weighted by molar-refractivity contribution is 6.33. The van der Waals surface area contributed by atoms with E-state index in [9.17, 15) is 9.59 Å². The molecule has 1 saturated carbocycles. The van der Waals surface area contributed by atoms with E-state index in [1.54, 1.807) is 12.1 Å². The van der Waals surface area contributed by atoms with Crippen molar-refractivity contribution in [1.29, 1.82) is 0 Å². The minimum atomic E-state index is -0.532. The minimum absolute atomic E-state index is 0.0664. The molecule has 1 fully saturated rings. The van der Waals surface area contributed by atoms with Crippen molar-refractivity contribution in [2.45, 2.75) is 31.7 Å². The summed E-state index contributed by atoms with van der Waals surface area (Å²) in [7, 11) is 1.29. The second-order valence-corrected chi connectivity index (χ2v) is 5.71. The first-order chi connectivity index (χ1) is 10.0. The van der Waals surface area contributed by atoms with Crippen molar-refractivity contribution >= 4 is 29.2 Å². The van der Waals surface area contributed by atoms with Crippen LogP contribution < -0.4 is 11.1 Å². The first-order valence-corrected chi connectivity index (χ1v) is 7.33. The summed E-state index contributed by atoms with van der Waals surface area (Å²) in [4.78, 5) is 23.8. The highest BCUT2D eigenvalue weighted by atomic mass is 35.5. The Balaban J connectivity index is 2.08. The summed E-state index contributed by atoms with van der Waals surface area (Å²) in [6.45, 7) is 0. The molecule has 0 heterocycles. The van der Waals surface area contributed by atoms with Gasteiger partial charge in [-0.05, 0) is 37.5 Å². The van der Waals surface area contributed by atoms with E-state index in [2.05, 4.69) is 10.1 Å². The highest BCUT2D eigenvalue weighted by Crippen LogP contribution is 2.26. The number of hydrogen-bond acceptors (Lipinski definition) is 4. The average molecular weight is 311 g/mol. The van der Waals surface area contributed by atoms with E-state index in [4.69, 9.17) is 17.3 Å². The van der Waals surface area contributed by atoms with Crippen LogP contribution in [0.3, 0.4) is 0 Å². The molecule has 6 heteroatoms. The zero-order chi connectivity index (χ0) is 15.4. The van der Waals surface area contributed by atoms with Gasteiger partial charge in [0.2, 0.25) is 5.91 Å². The van der Waals surface area contributed by atoms with Gasteiger partial charge in [0.1, 0.15) is 0 Å². The van der Waals surface area contributed by atoms with E-state index in [0.717, 1.165) is 19.3 Å². The lowest BCUT2D eigenvalue weighted by Crippen LogP contribution is -2.34. The maximum absolute atomic E-state index is 12.2. The Morgan fingerprint density at radius 3 is 2.81 bits per heavy atom. The van der Waals surface area contributed by atoms with Gasteiger partial charge in [-0.25, -0.2) is 4.79 Å². The summed E-state index contributed by atoms with van der Waals surface area (Å²) < 4.78 is 4.65. The summed E-state index contributed by atoms with van der Waals surface area (Å²) in [6.07, 6.45) is 3.48. The van der Waals surface area contributed by atoms with E-state index in [1.165, 1.54) is 13.2 Å². The van der Waals surface area contributed by atoms with Crippen molar-refractivity contribution in [3.63, 3.8) is 0 Å². The molecule has 2 unspecified atom stereocenters. The molecular weight excluding hydrogens is 292 g/mol. The van der Waals surface area contributed by atoms with Gasteiger partial charge in [0, 0.05) is 17.6 Å². The van der Waals surface area contributed by atoms with Crippen LogP contribution in [0.4, 0.5) is 5.69 Å². The van der Waals surface area contributed by atoms with Crippen LogP contribution in [0.15, 0.2) is 18.2 Å². The molecule has 0 aromatic heterocycles. The van der Waals surface area contributed by atoms with E-state index in [-0.39, 0.29) is 23.4 Å². The van der Waals surface area contributed by atoms with Crippen molar-refractivity contribution in [1.82, 2.24) is 0 Å². The third kappa shape index (κ3) is 3.95. The number of nitrogens with two attached hydrogens (primary N) is 1. The Labute approximate surface area is 128 Å². The molecule has 3 N–H and O–H groups in total. The number of esters is 1. The number of anilines is 1. The normalized spacial score (nSPS) is 21.7. The van der Waals surface area contributed by atoms with Gasteiger partial charge in [0.15, 0.2) is 0 Å². The average Bonchev–Trinajstić information content (AvgIpc) is 2.48. The number of carbonyl (C=O) groups excluding carboxylic acids is 2. The number of amides is 1. The minimum Gasteiger partial charge on any atom is -0.465 e. The third-order valence-electron chi connectivity index (χ3n) is 3.72. The van der Waals surface area contributed by atoms with Gasteiger partial charge >= 0.3 is 5.97 Å². The molecule has 114 valence electrons. The molecule has 0 saturated heterocycles. The molecule has 1 aliphatic carbocycles. The number of nitrogens with one attached hydrogen (secondary N) is 1. The zero-order valence-corrected chi connectivity index (χ0v) is 12.7. The van der Waals surface area contributed by atoms with Crippen LogP contribution in [0.25, 0.3) is 0 Å². The summed E-state index contributed by atoms with van der Waals surface area (Å²) in [6, 6.07) is 4.84. The standard InChI is InChI=1S/C15H19ClN2O3/c1-21-15(20)12-8-11(5-6-13(12)16)18-14(19)9-3-2-4-10(17)7-9/h5-6,8-10H,2-4,7,17H2,1H3,(H,18,19). The number of benzene rings is 1.